The Bertz CT molecular complexity index is 316. The van der Waals surface area contributed by atoms with Gasteiger partial charge in [-0.15, -0.1) is 0 Å². The van der Waals surface area contributed by atoms with Crippen molar-refractivity contribution in [2.75, 3.05) is 6.61 Å². The summed E-state index contributed by atoms with van der Waals surface area (Å²) in [5.41, 5.74) is 5.50. The molecule has 2 amide bonds. The summed E-state index contributed by atoms with van der Waals surface area (Å²) < 4.78 is 5.37. The number of aliphatic hydroxyl groups excluding tert-OH is 1. The molecule has 4 N–H and O–H groups in total. The van der Waals surface area contributed by atoms with Crippen LogP contribution in [0.4, 0.5) is 4.79 Å². The SMILES string of the molecule is NC1C=CN([C@H]2C=C[C@@H](CO)O2)C(=O)N1. The number of carbonyl (C=O) groups is 1. The van der Waals surface area contributed by atoms with E-state index in [0.29, 0.717) is 0 Å². The second kappa shape index (κ2) is 4.01. The van der Waals surface area contributed by atoms with Gasteiger partial charge in [-0.3, -0.25) is 4.90 Å². The molecule has 0 fully saturated rings. The van der Waals surface area contributed by atoms with Gasteiger partial charge in [-0.2, -0.15) is 0 Å². The van der Waals surface area contributed by atoms with E-state index in [9.17, 15) is 4.79 Å². The zero-order chi connectivity index (χ0) is 10.8. The maximum absolute atomic E-state index is 11.5. The summed E-state index contributed by atoms with van der Waals surface area (Å²) in [7, 11) is 0. The topological polar surface area (TPSA) is 87.8 Å². The highest BCUT2D eigenvalue weighted by Gasteiger charge is 2.29. The fourth-order valence-corrected chi connectivity index (χ4v) is 1.47. The van der Waals surface area contributed by atoms with Crippen molar-refractivity contribution in [1.29, 1.82) is 0 Å². The molecule has 6 nitrogen and oxygen atoms in total. The predicted octanol–water partition coefficient (Wildman–Crippen LogP) is -0.917. The quantitative estimate of drug-likeness (QED) is 0.516. The summed E-state index contributed by atoms with van der Waals surface area (Å²) in [4.78, 5) is 12.9. The van der Waals surface area contributed by atoms with Crippen molar-refractivity contribution in [3.8, 4) is 0 Å². The van der Waals surface area contributed by atoms with E-state index in [1.54, 1.807) is 24.4 Å². The second-order valence-corrected chi connectivity index (χ2v) is 3.36. The minimum Gasteiger partial charge on any atom is -0.393 e. The third-order valence-electron chi connectivity index (χ3n) is 2.24. The summed E-state index contributed by atoms with van der Waals surface area (Å²) in [6.07, 6.45) is 5.43. The molecule has 0 saturated carbocycles. The van der Waals surface area contributed by atoms with Crippen LogP contribution in [0.3, 0.4) is 0 Å². The molecule has 0 aromatic carbocycles. The minimum atomic E-state index is -0.467. The van der Waals surface area contributed by atoms with Crippen LogP contribution < -0.4 is 11.1 Å². The number of carbonyl (C=O) groups excluding carboxylic acids is 1. The lowest BCUT2D eigenvalue weighted by Crippen LogP contribution is -2.52. The molecular formula is C9H13N3O3. The molecule has 82 valence electrons. The molecule has 0 aromatic rings. The zero-order valence-corrected chi connectivity index (χ0v) is 8.04. The standard InChI is InChI=1S/C9H13N3O3/c10-7-3-4-12(9(14)11-7)8-2-1-6(5-13)15-8/h1-4,6-8,13H,5,10H2,(H,11,14)/t6-,7?,8+/m0/s1. The smallest absolute Gasteiger partial charge is 0.325 e. The number of nitrogens with zero attached hydrogens (tertiary/aromatic N) is 1. The first-order valence-corrected chi connectivity index (χ1v) is 4.68. The minimum absolute atomic E-state index is 0.0916. The summed E-state index contributed by atoms with van der Waals surface area (Å²) in [6.45, 7) is -0.0916. The van der Waals surface area contributed by atoms with Gasteiger partial charge in [0.2, 0.25) is 0 Å². The Hall–Kier alpha value is -1.37. The van der Waals surface area contributed by atoms with E-state index in [1.165, 1.54) is 4.90 Å². The Morgan fingerprint density at radius 3 is 2.93 bits per heavy atom. The lowest BCUT2D eigenvalue weighted by molar-refractivity contribution is -0.0238. The van der Waals surface area contributed by atoms with E-state index in [2.05, 4.69) is 5.32 Å². The second-order valence-electron chi connectivity index (χ2n) is 3.36. The largest absolute Gasteiger partial charge is 0.393 e. The fourth-order valence-electron chi connectivity index (χ4n) is 1.47. The molecular weight excluding hydrogens is 198 g/mol. The highest BCUT2D eigenvalue weighted by molar-refractivity contribution is 5.77. The molecule has 2 aliphatic rings. The Labute approximate surface area is 87.0 Å². The normalized spacial score (nSPS) is 34.7. The number of urea groups is 1. The highest BCUT2D eigenvalue weighted by Crippen LogP contribution is 2.17. The molecule has 2 heterocycles. The molecule has 0 bridgehead atoms. The first-order valence-electron chi connectivity index (χ1n) is 4.68. The Kier molecular flexibility index (Phi) is 2.72. The number of hydrogen-bond donors (Lipinski definition) is 3. The average Bonchev–Trinajstić information content (AvgIpc) is 2.66. The molecule has 0 radical (unpaired) electrons. The van der Waals surface area contributed by atoms with Gasteiger partial charge >= 0.3 is 6.03 Å². The number of hydrogen-bond acceptors (Lipinski definition) is 4. The van der Waals surface area contributed by atoms with Gasteiger partial charge in [-0.1, -0.05) is 6.08 Å². The predicted molar refractivity (Wildman–Crippen MR) is 52.4 cm³/mol. The molecule has 0 aliphatic carbocycles. The third kappa shape index (κ3) is 2.01. The van der Waals surface area contributed by atoms with Crippen LogP contribution in [0.15, 0.2) is 24.4 Å². The van der Waals surface area contributed by atoms with Crippen LogP contribution in [0.25, 0.3) is 0 Å². The van der Waals surface area contributed by atoms with E-state index in [1.807, 2.05) is 0 Å². The van der Waals surface area contributed by atoms with Crippen LogP contribution in [-0.4, -0.2) is 41.1 Å². The van der Waals surface area contributed by atoms with Crippen LogP contribution in [-0.2, 0) is 4.74 Å². The summed E-state index contributed by atoms with van der Waals surface area (Å²) in [5, 5.41) is 11.4. The van der Waals surface area contributed by atoms with Crippen LogP contribution in [0, 0.1) is 0 Å². The summed E-state index contributed by atoms with van der Waals surface area (Å²) in [6, 6.07) is -0.307. The van der Waals surface area contributed by atoms with Crippen LogP contribution in [0.2, 0.25) is 0 Å². The van der Waals surface area contributed by atoms with Crippen molar-refractivity contribution in [2.24, 2.45) is 5.73 Å². The lowest BCUT2D eigenvalue weighted by atomic mass is 10.3. The van der Waals surface area contributed by atoms with Gasteiger partial charge in [0, 0.05) is 6.20 Å². The van der Waals surface area contributed by atoms with Gasteiger partial charge in [0.1, 0.15) is 6.10 Å². The van der Waals surface area contributed by atoms with E-state index >= 15 is 0 Å². The van der Waals surface area contributed by atoms with Crippen molar-refractivity contribution in [1.82, 2.24) is 10.2 Å². The van der Waals surface area contributed by atoms with Crippen LogP contribution in [0.1, 0.15) is 0 Å². The number of nitrogens with one attached hydrogen (secondary N) is 1. The van der Waals surface area contributed by atoms with E-state index in [4.69, 9.17) is 15.6 Å². The third-order valence-corrected chi connectivity index (χ3v) is 2.24. The Morgan fingerprint density at radius 1 is 1.53 bits per heavy atom. The van der Waals surface area contributed by atoms with Gasteiger partial charge in [0.15, 0.2) is 6.23 Å². The average molecular weight is 211 g/mol. The number of nitrogens with two attached hydrogens (primary N) is 1. The maximum Gasteiger partial charge on any atom is 0.325 e. The number of ether oxygens (including phenoxy) is 1. The fraction of sp³-hybridized carbons (Fsp3) is 0.444. The number of aliphatic hydroxyl groups is 1. The van der Waals surface area contributed by atoms with E-state index in [0.717, 1.165) is 0 Å². The van der Waals surface area contributed by atoms with Crippen molar-refractivity contribution in [2.45, 2.75) is 18.5 Å². The molecule has 6 heteroatoms. The number of amides is 2. The first-order chi connectivity index (χ1) is 7.20. The monoisotopic (exact) mass is 211 g/mol. The molecule has 0 aromatic heterocycles. The molecule has 1 unspecified atom stereocenters. The molecule has 15 heavy (non-hydrogen) atoms. The zero-order valence-electron chi connectivity index (χ0n) is 8.04. The van der Waals surface area contributed by atoms with Crippen LogP contribution >= 0.6 is 0 Å². The van der Waals surface area contributed by atoms with Crippen molar-refractivity contribution >= 4 is 6.03 Å². The summed E-state index contributed by atoms with van der Waals surface area (Å²) >= 11 is 0. The Morgan fingerprint density at radius 2 is 2.33 bits per heavy atom. The molecule has 3 atom stereocenters. The maximum atomic E-state index is 11.5. The molecule has 2 rings (SSSR count). The van der Waals surface area contributed by atoms with Gasteiger partial charge in [-0.05, 0) is 12.2 Å². The van der Waals surface area contributed by atoms with Gasteiger partial charge in [-0.25, -0.2) is 4.79 Å². The highest BCUT2D eigenvalue weighted by atomic mass is 16.5. The van der Waals surface area contributed by atoms with Crippen molar-refractivity contribution in [3.63, 3.8) is 0 Å². The van der Waals surface area contributed by atoms with Crippen molar-refractivity contribution < 1.29 is 14.6 Å². The van der Waals surface area contributed by atoms with Gasteiger partial charge in [0.05, 0.1) is 12.8 Å². The van der Waals surface area contributed by atoms with Crippen LogP contribution in [0.5, 0.6) is 0 Å². The Balaban J connectivity index is 2.03. The van der Waals surface area contributed by atoms with E-state index in [-0.39, 0.29) is 18.7 Å². The van der Waals surface area contributed by atoms with Crippen molar-refractivity contribution in [3.05, 3.63) is 24.4 Å². The van der Waals surface area contributed by atoms with Gasteiger partial charge < -0.3 is 20.9 Å². The molecule has 0 saturated heterocycles. The number of rotatable bonds is 2. The van der Waals surface area contributed by atoms with Gasteiger partial charge in [0.25, 0.3) is 0 Å². The molecule has 2 aliphatic heterocycles. The van der Waals surface area contributed by atoms with E-state index < -0.39 is 12.4 Å². The first kappa shape index (κ1) is 10.2. The lowest BCUT2D eigenvalue weighted by Gasteiger charge is -2.29. The summed E-state index contributed by atoms with van der Waals surface area (Å²) in [5.74, 6) is 0. The molecule has 0 spiro atoms.